The number of benzene rings is 3. The maximum absolute atomic E-state index is 13.3. The molecule has 0 bridgehead atoms. The summed E-state index contributed by atoms with van der Waals surface area (Å²) >= 11 is 14.4. The Labute approximate surface area is 213 Å². The molecule has 0 spiro atoms. The lowest BCUT2D eigenvalue weighted by atomic mass is 10.1. The van der Waals surface area contributed by atoms with Crippen molar-refractivity contribution in [1.29, 1.82) is 0 Å². The summed E-state index contributed by atoms with van der Waals surface area (Å²) in [6.45, 7) is 0. The summed E-state index contributed by atoms with van der Waals surface area (Å²) in [6.07, 6.45) is 1.89. The lowest BCUT2D eigenvalue weighted by molar-refractivity contribution is -0.113. The van der Waals surface area contributed by atoms with Gasteiger partial charge in [0.1, 0.15) is 0 Å². The van der Waals surface area contributed by atoms with E-state index in [0.717, 1.165) is 22.0 Å². The number of hydrogen-bond acceptors (Lipinski definition) is 6. The van der Waals surface area contributed by atoms with Crippen LogP contribution in [0.3, 0.4) is 0 Å². The topological polar surface area (TPSA) is 51.0 Å². The van der Waals surface area contributed by atoms with Crippen LogP contribution in [0.2, 0.25) is 5.02 Å². The molecule has 9 heteroatoms. The van der Waals surface area contributed by atoms with Gasteiger partial charge in [0.2, 0.25) is 5.13 Å². The molecule has 6 rings (SSSR count). The SMILES string of the molecule is Cn1c2ccccc2c2cc(/C=C3\SC(=S)N(c4nnc(-c5ccccc5Cl)s4)C3=O)ccc21. The quantitative estimate of drug-likeness (QED) is 0.192. The number of aromatic nitrogens is 3. The molecule has 3 heterocycles. The first-order valence-electron chi connectivity index (χ1n) is 10.3. The van der Waals surface area contributed by atoms with Crippen molar-refractivity contribution in [2.75, 3.05) is 4.90 Å². The van der Waals surface area contributed by atoms with E-state index in [1.165, 1.54) is 38.9 Å². The van der Waals surface area contributed by atoms with Crippen molar-refractivity contribution in [2.24, 2.45) is 7.05 Å². The number of carbonyl (C=O) groups excluding carboxylic acids is 1. The zero-order valence-corrected chi connectivity index (χ0v) is 20.9. The monoisotopic (exact) mass is 518 g/mol. The normalized spacial score (nSPS) is 15.4. The number of carbonyl (C=O) groups is 1. The standard InChI is InChI=1S/C25H15ClN4OS3/c1-29-19-9-5-3-6-15(19)17-12-14(10-11-20(17)29)13-21-23(31)30(25(32)33-21)24-28-27-22(34-24)16-7-2-4-8-18(16)26/h2-13H,1H3/b21-13-. The second kappa shape index (κ2) is 8.32. The molecular formula is C25H15ClN4OS3. The number of anilines is 1. The minimum Gasteiger partial charge on any atom is -0.344 e. The second-order valence-corrected chi connectivity index (χ2v) is 10.8. The predicted octanol–water partition coefficient (Wildman–Crippen LogP) is 6.91. The highest BCUT2D eigenvalue weighted by atomic mass is 35.5. The van der Waals surface area contributed by atoms with E-state index in [1.807, 2.05) is 42.5 Å². The number of rotatable bonds is 3. The van der Waals surface area contributed by atoms with Crippen molar-refractivity contribution in [3.05, 3.63) is 82.2 Å². The van der Waals surface area contributed by atoms with E-state index in [-0.39, 0.29) is 5.91 Å². The Balaban J connectivity index is 1.35. The van der Waals surface area contributed by atoms with Gasteiger partial charge in [-0.05, 0) is 35.9 Å². The third-order valence-corrected chi connectivity index (χ3v) is 8.31. The van der Waals surface area contributed by atoms with Crippen molar-refractivity contribution in [2.45, 2.75) is 0 Å². The molecule has 1 aliphatic heterocycles. The van der Waals surface area contributed by atoms with Crippen LogP contribution in [-0.4, -0.2) is 25.0 Å². The van der Waals surface area contributed by atoms with E-state index in [2.05, 4.69) is 46.1 Å². The average molecular weight is 519 g/mol. The van der Waals surface area contributed by atoms with E-state index in [0.29, 0.717) is 24.4 Å². The summed E-state index contributed by atoms with van der Waals surface area (Å²) in [5, 5.41) is 12.4. The molecule has 0 atom stereocenters. The lowest BCUT2D eigenvalue weighted by Gasteiger charge is -2.08. The summed E-state index contributed by atoms with van der Waals surface area (Å²) in [4.78, 5) is 15.3. The highest BCUT2D eigenvalue weighted by molar-refractivity contribution is 8.27. The molecule has 166 valence electrons. The third kappa shape index (κ3) is 3.45. The highest BCUT2D eigenvalue weighted by Crippen LogP contribution is 2.40. The zero-order chi connectivity index (χ0) is 23.4. The summed E-state index contributed by atoms with van der Waals surface area (Å²) in [7, 11) is 2.06. The minimum absolute atomic E-state index is 0.199. The maximum Gasteiger partial charge on any atom is 0.272 e. The molecule has 0 aliphatic carbocycles. The van der Waals surface area contributed by atoms with Crippen LogP contribution in [0, 0.1) is 0 Å². The van der Waals surface area contributed by atoms with Crippen LogP contribution < -0.4 is 4.90 Å². The van der Waals surface area contributed by atoms with Crippen molar-refractivity contribution >= 4 is 90.2 Å². The van der Waals surface area contributed by atoms with Gasteiger partial charge in [-0.15, -0.1) is 10.2 Å². The second-order valence-electron chi connectivity index (χ2n) is 7.74. The predicted molar refractivity (Wildman–Crippen MR) is 146 cm³/mol. The maximum atomic E-state index is 13.3. The van der Waals surface area contributed by atoms with Gasteiger partial charge in [0.15, 0.2) is 9.33 Å². The fraction of sp³-hybridized carbons (Fsp3) is 0.0400. The van der Waals surface area contributed by atoms with Crippen LogP contribution in [0.15, 0.2) is 71.6 Å². The van der Waals surface area contributed by atoms with Gasteiger partial charge in [-0.2, -0.15) is 0 Å². The Bertz CT molecular complexity index is 1670. The van der Waals surface area contributed by atoms with Crippen LogP contribution in [0.5, 0.6) is 0 Å². The van der Waals surface area contributed by atoms with Gasteiger partial charge in [0.25, 0.3) is 5.91 Å². The number of fused-ring (bicyclic) bond motifs is 3. The Kier molecular flexibility index (Phi) is 5.26. The smallest absolute Gasteiger partial charge is 0.272 e. The summed E-state index contributed by atoms with van der Waals surface area (Å²) in [5.74, 6) is -0.199. The molecule has 1 fully saturated rings. The van der Waals surface area contributed by atoms with Crippen LogP contribution in [0.25, 0.3) is 38.5 Å². The molecule has 1 aliphatic rings. The van der Waals surface area contributed by atoms with E-state index in [1.54, 1.807) is 6.07 Å². The number of halogens is 1. The fourth-order valence-corrected chi connectivity index (χ4v) is 6.66. The third-order valence-electron chi connectivity index (χ3n) is 5.74. The Morgan fingerprint density at radius 3 is 2.59 bits per heavy atom. The van der Waals surface area contributed by atoms with E-state index >= 15 is 0 Å². The van der Waals surface area contributed by atoms with Gasteiger partial charge in [-0.1, -0.05) is 89.4 Å². The number of amides is 1. The van der Waals surface area contributed by atoms with Gasteiger partial charge in [-0.25, -0.2) is 4.90 Å². The van der Waals surface area contributed by atoms with Gasteiger partial charge in [0.05, 0.1) is 9.93 Å². The zero-order valence-electron chi connectivity index (χ0n) is 17.7. The average Bonchev–Trinajstić information content (AvgIpc) is 3.50. The van der Waals surface area contributed by atoms with Crippen LogP contribution in [0.4, 0.5) is 5.13 Å². The number of aryl methyl sites for hydroxylation is 1. The summed E-state index contributed by atoms with van der Waals surface area (Å²) in [6, 6.07) is 21.9. The van der Waals surface area contributed by atoms with Gasteiger partial charge in [-0.3, -0.25) is 4.79 Å². The number of para-hydroxylation sites is 1. The van der Waals surface area contributed by atoms with Crippen LogP contribution >= 0.6 is 46.9 Å². The summed E-state index contributed by atoms with van der Waals surface area (Å²) in [5.41, 5.74) is 4.04. The van der Waals surface area contributed by atoms with E-state index in [4.69, 9.17) is 23.8 Å². The Morgan fingerprint density at radius 2 is 1.74 bits per heavy atom. The molecule has 0 unspecified atom stereocenters. The molecule has 3 aromatic carbocycles. The molecule has 0 radical (unpaired) electrons. The van der Waals surface area contributed by atoms with Crippen molar-refractivity contribution < 1.29 is 4.79 Å². The molecule has 2 aromatic heterocycles. The first-order valence-corrected chi connectivity index (χ1v) is 12.8. The van der Waals surface area contributed by atoms with E-state index in [9.17, 15) is 4.79 Å². The summed E-state index contributed by atoms with van der Waals surface area (Å²) < 4.78 is 2.62. The first-order chi connectivity index (χ1) is 16.5. The van der Waals surface area contributed by atoms with Crippen molar-refractivity contribution in [3.8, 4) is 10.6 Å². The molecule has 0 N–H and O–H groups in total. The highest BCUT2D eigenvalue weighted by Gasteiger charge is 2.35. The number of nitrogens with zero attached hydrogens (tertiary/aromatic N) is 4. The molecule has 5 aromatic rings. The van der Waals surface area contributed by atoms with Gasteiger partial charge in [0, 0.05) is 34.4 Å². The molecule has 1 amide bonds. The molecule has 5 nitrogen and oxygen atoms in total. The lowest BCUT2D eigenvalue weighted by Crippen LogP contribution is -2.27. The van der Waals surface area contributed by atoms with Crippen molar-refractivity contribution in [3.63, 3.8) is 0 Å². The number of hydrogen-bond donors (Lipinski definition) is 0. The fourth-order valence-electron chi connectivity index (χ4n) is 4.11. The van der Waals surface area contributed by atoms with E-state index < -0.39 is 0 Å². The minimum atomic E-state index is -0.199. The Morgan fingerprint density at radius 1 is 0.971 bits per heavy atom. The largest absolute Gasteiger partial charge is 0.344 e. The molecule has 0 saturated carbocycles. The number of thioether (sulfide) groups is 1. The first kappa shape index (κ1) is 21.5. The van der Waals surface area contributed by atoms with Crippen LogP contribution in [-0.2, 0) is 11.8 Å². The number of thiocarbonyl (C=S) groups is 1. The van der Waals surface area contributed by atoms with Gasteiger partial charge >= 0.3 is 0 Å². The van der Waals surface area contributed by atoms with Crippen molar-refractivity contribution in [1.82, 2.24) is 14.8 Å². The molecule has 34 heavy (non-hydrogen) atoms. The molecular weight excluding hydrogens is 504 g/mol. The molecule has 1 saturated heterocycles. The van der Waals surface area contributed by atoms with Crippen LogP contribution in [0.1, 0.15) is 5.56 Å². The Hall–Kier alpha value is -3.04. The van der Waals surface area contributed by atoms with Gasteiger partial charge < -0.3 is 4.57 Å².